The van der Waals surface area contributed by atoms with Gasteiger partial charge in [-0.3, -0.25) is 0 Å². The summed E-state index contributed by atoms with van der Waals surface area (Å²) in [6.45, 7) is 13.4. The van der Waals surface area contributed by atoms with Crippen LogP contribution in [0.3, 0.4) is 0 Å². The van der Waals surface area contributed by atoms with E-state index in [0.29, 0.717) is 11.1 Å². The first-order valence-electron chi connectivity index (χ1n) is 12.0. The number of aromatic carboxylic acids is 1. The zero-order valence-electron chi connectivity index (χ0n) is 21.9. The van der Waals surface area contributed by atoms with Gasteiger partial charge in [0.2, 0.25) is 0 Å². The highest BCUT2D eigenvalue weighted by molar-refractivity contribution is 5.92. The van der Waals surface area contributed by atoms with E-state index in [4.69, 9.17) is 4.74 Å². The molecule has 1 aliphatic carbocycles. The van der Waals surface area contributed by atoms with Crippen LogP contribution in [-0.4, -0.2) is 64.1 Å². The first-order chi connectivity index (χ1) is 15.6. The Kier molecular flexibility index (Phi) is 8.65. The first-order valence-corrected chi connectivity index (χ1v) is 12.0. The smallest absolute Gasteiger partial charge is 0.410 e. The summed E-state index contributed by atoms with van der Waals surface area (Å²) in [7, 11) is 1.80. The standard InChI is InChI=1S/C27H40N2O5/c1-9-29(21-12-10-20(11-13-21)28(8)25(32)34-26(3,4)5)23-17-19(14-15-27(6,7)33)16-22(18(23)2)24(30)31/h16-17,20-21,33H,9-13H2,1-8H3,(H,30,31). The van der Waals surface area contributed by atoms with Crippen LogP contribution in [0.25, 0.3) is 0 Å². The van der Waals surface area contributed by atoms with Crippen molar-refractivity contribution in [3.8, 4) is 11.8 Å². The van der Waals surface area contributed by atoms with Gasteiger partial charge in [-0.05, 0) is 91.8 Å². The highest BCUT2D eigenvalue weighted by Crippen LogP contribution is 2.33. The topological polar surface area (TPSA) is 90.3 Å². The van der Waals surface area contributed by atoms with Crippen molar-refractivity contribution >= 4 is 17.7 Å². The van der Waals surface area contributed by atoms with Crippen LogP contribution >= 0.6 is 0 Å². The fraction of sp³-hybridized carbons (Fsp3) is 0.630. The quantitative estimate of drug-likeness (QED) is 0.597. The van der Waals surface area contributed by atoms with Gasteiger partial charge in [0.15, 0.2) is 0 Å². The second-order valence-electron chi connectivity index (χ2n) is 10.6. The monoisotopic (exact) mass is 472 g/mol. The van der Waals surface area contributed by atoms with Gasteiger partial charge >= 0.3 is 12.1 Å². The molecule has 0 saturated heterocycles. The average molecular weight is 473 g/mol. The molecule has 0 aliphatic heterocycles. The van der Waals surface area contributed by atoms with E-state index < -0.39 is 17.2 Å². The van der Waals surface area contributed by atoms with E-state index in [2.05, 4.69) is 23.7 Å². The number of rotatable bonds is 5. The van der Waals surface area contributed by atoms with Crippen LogP contribution in [0.4, 0.5) is 10.5 Å². The van der Waals surface area contributed by atoms with Crippen molar-refractivity contribution < 1.29 is 24.5 Å². The van der Waals surface area contributed by atoms with Gasteiger partial charge in [-0.1, -0.05) is 11.8 Å². The predicted octanol–water partition coefficient (Wildman–Crippen LogP) is 4.82. The number of benzene rings is 1. The van der Waals surface area contributed by atoms with E-state index in [1.165, 1.54) is 0 Å². The lowest BCUT2D eigenvalue weighted by atomic mass is 9.88. The predicted molar refractivity (Wildman–Crippen MR) is 134 cm³/mol. The molecule has 0 heterocycles. The van der Waals surface area contributed by atoms with Gasteiger partial charge in [-0.25, -0.2) is 9.59 Å². The Morgan fingerprint density at radius 2 is 1.65 bits per heavy atom. The number of aliphatic hydroxyl groups is 1. The summed E-state index contributed by atoms with van der Waals surface area (Å²) in [5.41, 5.74) is 0.645. The van der Waals surface area contributed by atoms with E-state index in [-0.39, 0.29) is 23.7 Å². The van der Waals surface area contributed by atoms with Crippen LogP contribution in [0.2, 0.25) is 0 Å². The number of ether oxygens (including phenoxy) is 1. The summed E-state index contributed by atoms with van der Waals surface area (Å²) >= 11 is 0. The van der Waals surface area contributed by atoms with Crippen LogP contribution in [0.5, 0.6) is 0 Å². The Morgan fingerprint density at radius 1 is 1.09 bits per heavy atom. The maximum atomic E-state index is 12.5. The number of carbonyl (C=O) groups excluding carboxylic acids is 1. The number of amides is 1. The Labute approximate surface area is 204 Å². The minimum absolute atomic E-state index is 0.115. The van der Waals surface area contributed by atoms with Crippen molar-refractivity contribution in [1.29, 1.82) is 0 Å². The number of hydrogen-bond donors (Lipinski definition) is 2. The van der Waals surface area contributed by atoms with Gasteiger partial charge in [0.05, 0.1) is 5.56 Å². The van der Waals surface area contributed by atoms with Gasteiger partial charge in [-0.2, -0.15) is 0 Å². The van der Waals surface area contributed by atoms with Gasteiger partial charge in [0, 0.05) is 36.9 Å². The van der Waals surface area contributed by atoms with E-state index >= 15 is 0 Å². The van der Waals surface area contributed by atoms with Gasteiger partial charge < -0.3 is 24.7 Å². The average Bonchev–Trinajstić information content (AvgIpc) is 2.72. The third-order valence-electron chi connectivity index (χ3n) is 6.11. The molecule has 34 heavy (non-hydrogen) atoms. The molecule has 1 amide bonds. The minimum atomic E-state index is -1.17. The lowest BCUT2D eigenvalue weighted by Crippen LogP contribution is -2.46. The van der Waals surface area contributed by atoms with Crippen LogP contribution in [0, 0.1) is 18.8 Å². The van der Waals surface area contributed by atoms with Gasteiger partial charge in [-0.15, -0.1) is 0 Å². The van der Waals surface area contributed by atoms with Crippen molar-refractivity contribution in [2.45, 2.75) is 97.4 Å². The van der Waals surface area contributed by atoms with Crippen molar-refractivity contribution in [3.63, 3.8) is 0 Å². The van der Waals surface area contributed by atoms with E-state index in [1.54, 1.807) is 31.9 Å². The van der Waals surface area contributed by atoms with Crippen molar-refractivity contribution in [2.75, 3.05) is 18.5 Å². The maximum Gasteiger partial charge on any atom is 0.410 e. The van der Waals surface area contributed by atoms with E-state index in [9.17, 15) is 19.8 Å². The number of anilines is 1. The van der Waals surface area contributed by atoms with Crippen LogP contribution in [0.15, 0.2) is 12.1 Å². The summed E-state index contributed by atoms with van der Waals surface area (Å²) in [6, 6.07) is 3.83. The molecular weight excluding hydrogens is 432 g/mol. The number of nitrogens with zero attached hydrogens (tertiary/aromatic N) is 2. The normalized spacial score (nSPS) is 18.5. The summed E-state index contributed by atoms with van der Waals surface area (Å²) < 4.78 is 5.52. The molecule has 7 heteroatoms. The Bertz CT molecular complexity index is 954. The molecule has 0 atom stereocenters. The van der Waals surface area contributed by atoms with Crippen LogP contribution in [-0.2, 0) is 4.74 Å². The molecule has 7 nitrogen and oxygen atoms in total. The zero-order valence-corrected chi connectivity index (χ0v) is 21.9. The van der Waals surface area contributed by atoms with E-state index in [0.717, 1.165) is 37.9 Å². The summed E-state index contributed by atoms with van der Waals surface area (Å²) in [6.07, 6.45) is 3.16. The molecule has 1 fully saturated rings. The SMILES string of the molecule is CCN(c1cc(C#CC(C)(C)O)cc(C(=O)O)c1C)C1CCC(N(C)C(=O)OC(C)(C)C)CC1. The molecule has 1 aromatic carbocycles. The molecule has 0 radical (unpaired) electrons. The molecule has 0 aromatic heterocycles. The number of hydrogen-bond acceptors (Lipinski definition) is 5. The Hall–Kier alpha value is -2.72. The van der Waals surface area contributed by atoms with Crippen molar-refractivity contribution in [2.24, 2.45) is 0 Å². The Balaban J connectivity index is 2.26. The summed E-state index contributed by atoms with van der Waals surface area (Å²) in [5, 5.41) is 19.7. The number of carboxylic acids is 1. The molecule has 1 saturated carbocycles. The molecule has 1 aliphatic rings. The fourth-order valence-electron chi connectivity index (χ4n) is 4.38. The van der Waals surface area contributed by atoms with Crippen molar-refractivity contribution in [3.05, 3.63) is 28.8 Å². The molecule has 2 N–H and O–H groups in total. The van der Waals surface area contributed by atoms with E-state index in [1.807, 2.05) is 33.8 Å². The fourth-order valence-corrected chi connectivity index (χ4v) is 4.38. The molecule has 0 spiro atoms. The lowest BCUT2D eigenvalue weighted by Gasteiger charge is -2.41. The number of carbonyl (C=O) groups is 2. The zero-order chi connectivity index (χ0) is 25.8. The summed E-state index contributed by atoms with van der Waals surface area (Å²) in [5.74, 6) is 4.72. The van der Waals surface area contributed by atoms with Crippen molar-refractivity contribution in [1.82, 2.24) is 4.90 Å². The van der Waals surface area contributed by atoms with Crippen LogP contribution in [0.1, 0.15) is 88.7 Å². The van der Waals surface area contributed by atoms with Gasteiger partial charge in [0.25, 0.3) is 0 Å². The number of carboxylic acid groups (broad SMARTS) is 1. The second-order valence-corrected chi connectivity index (χ2v) is 10.6. The molecule has 188 valence electrons. The highest BCUT2D eigenvalue weighted by Gasteiger charge is 2.32. The molecule has 0 unspecified atom stereocenters. The van der Waals surface area contributed by atoms with Gasteiger partial charge in [0.1, 0.15) is 11.2 Å². The minimum Gasteiger partial charge on any atom is -0.478 e. The highest BCUT2D eigenvalue weighted by atomic mass is 16.6. The molecule has 0 bridgehead atoms. The molecular formula is C27H40N2O5. The Morgan fingerprint density at radius 3 is 2.12 bits per heavy atom. The second kappa shape index (κ2) is 10.7. The maximum absolute atomic E-state index is 12.5. The lowest BCUT2D eigenvalue weighted by molar-refractivity contribution is 0.0182. The molecule has 2 rings (SSSR count). The largest absolute Gasteiger partial charge is 0.478 e. The third-order valence-corrected chi connectivity index (χ3v) is 6.11. The summed E-state index contributed by atoms with van der Waals surface area (Å²) in [4.78, 5) is 28.4. The third kappa shape index (κ3) is 7.39. The molecule has 1 aromatic rings. The van der Waals surface area contributed by atoms with Crippen LogP contribution < -0.4 is 4.90 Å². The first kappa shape index (κ1) is 27.5.